The molecule has 3 aromatic rings. The molecule has 6 heteroatoms. The number of anilines is 1. The van der Waals surface area contributed by atoms with Gasteiger partial charge in [-0.2, -0.15) is 0 Å². The first-order chi connectivity index (χ1) is 12.5. The minimum atomic E-state index is -0.0692. The highest BCUT2D eigenvalue weighted by Crippen LogP contribution is 2.30. The lowest BCUT2D eigenvalue weighted by Crippen LogP contribution is -3.06. The Bertz CT molecular complexity index is 921. The molecule has 0 saturated carbocycles. The van der Waals surface area contributed by atoms with Crippen LogP contribution in [0, 0.1) is 0 Å². The second-order valence-electron chi connectivity index (χ2n) is 6.30. The largest absolute Gasteiger partial charge is 0.338 e. The molecule has 0 aliphatic rings. The Labute approximate surface area is 162 Å². The standard InChI is InChI=1S/C20H20ClN3OS/c1-23(2)12-13-24(19(25)11-8-15-6-4-3-5-7-15)20-22-17-10-9-16(21)14-18(17)26-20/h3-11,14H,12-13H2,1-2H3/p+1/b11-8+. The van der Waals surface area contributed by atoms with Crippen molar-refractivity contribution in [2.75, 3.05) is 32.1 Å². The van der Waals surface area contributed by atoms with Gasteiger partial charge in [-0.3, -0.25) is 9.69 Å². The summed E-state index contributed by atoms with van der Waals surface area (Å²) in [6.07, 6.45) is 3.45. The van der Waals surface area contributed by atoms with Crippen LogP contribution in [-0.2, 0) is 4.79 Å². The van der Waals surface area contributed by atoms with Crippen molar-refractivity contribution in [2.24, 2.45) is 0 Å². The van der Waals surface area contributed by atoms with Gasteiger partial charge in [-0.15, -0.1) is 0 Å². The van der Waals surface area contributed by atoms with Crippen molar-refractivity contribution in [1.29, 1.82) is 0 Å². The average molecular weight is 387 g/mol. The second-order valence-corrected chi connectivity index (χ2v) is 7.75. The van der Waals surface area contributed by atoms with Crippen LogP contribution < -0.4 is 9.80 Å². The molecule has 0 unspecified atom stereocenters. The summed E-state index contributed by atoms with van der Waals surface area (Å²) in [5.74, 6) is -0.0692. The van der Waals surface area contributed by atoms with E-state index in [9.17, 15) is 4.79 Å². The fourth-order valence-electron chi connectivity index (χ4n) is 2.46. The number of rotatable bonds is 6. The molecule has 0 atom stereocenters. The van der Waals surface area contributed by atoms with Gasteiger partial charge in [-0.1, -0.05) is 53.3 Å². The number of fused-ring (bicyclic) bond motifs is 1. The zero-order valence-corrected chi connectivity index (χ0v) is 16.3. The van der Waals surface area contributed by atoms with Crippen molar-refractivity contribution in [3.63, 3.8) is 0 Å². The molecule has 3 rings (SSSR count). The zero-order chi connectivity index (χ0) is 18.5. The van der Waals surface area contributed by atoms with E-state index in [0.29, 0.717) is 16.7 Å². The van der Waals surface area contributed by atoms with Gasteiger partial charge in [0.05, 0.1) is 37.4 Å². The minimum Gasteiger partial charge on any atom is -0.338 e. The summed E-state index contributed by atoms with van der Waals surface area (Å²) in [7, 11) is 4.14. The molecule has 0 spiro atoms. The average Bonchev–Trinajstić information content (AvgIpc) is 3.03. The SMILES string of the molecule is C[NH+](C)CCN(C(=O)/C=C/c1ccccc1)c1nc2ccc(Cl)cc2s1. The van der Waals surface area contributed by atoms with Crippen molar-refractivity contribution < 1.29 is 9.69 Å². The highest BCUT2D eigenvalue weighted by atomic mass is 35.5. The topological polar surface area (TPSA) is 37.6 Å². The van der Waals surface area contributed by atoms with Crippen LogP contribution in [0.3, 0.4) is 0 Å². The van der Waals surface area contributed by atoms with E-state index >= 15 is 0 Å². The van der Waals surface area contributed by atoms with Crippen LogP contribution in [0.4, 0.5) is 5.13 Å². The fraction of sp³-hybridized carbons (Fsp3) is 0.200. The molecule has 26 heavy (non-hydrogen) atoms. The first kappa shape index (κ1) is 18.6. The number of hydrogen-bond acceptors (Lipinski definition) is 3. The maximum atomic E-state index is 12.8. The number of thiazole rings is 1. The molecule has 4 nitrogen and oxygen atoms in total. The first-order valence-corrected chi connectivity index (χ1v) is 9.62. The first-order valence-electron chi connectivity index (χ1n) is 8.42. The molecule has 0 fully saturated rings. The number of carbonyl (C=O) groups excluding carboxylic acids is 1. The van der Waals surface area contributed by atoms with Gasteiger partial charge < -0.3 is 4.90 Å². The molecule has 1 heterocycles. The van der Waals surface area contributed by atoms with Gasteiger partial charge in [0.15, 0.2) is 5.13 Å². The van der Waals surface area contributed by atoms with Crippen molar-refractivity contribution in [3.05, 3.63) is 65.2 Å². The minimum absolute atomic E-state index is 0.0692. The summed E-state index contributed by atoms with van der Waals surface area (Å²) in [5, 5.41) is 1.37. The van der Waals surface area contributed by atoms with E-state index < -0.39 is 0 Å². The number of benzene rings is 2. The van der Waals surface area contributed by atoms with Crippen LogP contribution in [0.25, 0.3) is 16.3 Å². The summed E-state index contributed by atoms with van der Waals surface area (Å²) in [4.78, 5) is 20.5. The van der Waals surface area contributed by atoms with Gasteiger partial charge in [0, 0.05) is 11.1 Å². The maximum Gasteiger partial charge on any atom is 0.252 e. The highest BCUT2D eigenvalue weighted by molar-refractivity contribution is 7.22. The van der Waals surface area contributed by atoms with E-state index in [1.807, 2.05) is 54.6 Å². The van der Waals surface area contributed by atoms with Gasteiger partial charge in [-0.25, -0.2) is 4.98 Å². The van der Waals surface area contributed by atoms with E-state index in [1.54, 1.807) is 11.0 Å². The number of likely N-dealkylation sites (N-methyl/N-ethyl adjacent to an activating group) is 1. The third kappa shape index (κ3) is 4.69. The molecule has 0 aliphatic carbocycles. The molecule has 0 bridgehead atoms. The molecule has 2 aromatic carbocycles. The van der Waals surface area contributed by atoms with E-state index in [-0.39, 0.29) is 5.91 Å². The van der Waals surface area contributed by atoms with Crippen LogP contribution >= 0.6 is 22.9 Å². The molecule has 1 amide bonds. The number of hydrogen-bond donors (Lipinski definition) is 1. The Morgan fingerprint density at radius 2 is 2.00 bits per heavy atom. The van der Waals surface area contributed by atoms with Crippen LogP contribution in [0.1, 0.15) is 5.56 Å². The Kier molecular flexibility index (Phi) is 6.04. The Morgan fingerprint density at radius 3 is 2.73 bits per heavy atom. The Morgan fingerprint density at radius 1 is 1.23 bits per heavy atom. The summed E-state index contributed by atoms with van der Waals surface area (Å²) in [6.45, 7) is 1.44. The predicted octanol–water partition coefficient (Wildman–Crippen LogP) is 3.14. The van der Waals surface area contributed by atoms with Crippen LogP contribution in [0.5, 0.6) is 0 Å². The molecule has 0 radical (unpaired) electrons. The number of aromatic nitrogens is 1. The summed E-state index contributed by atoms with van der Waals surface area (Å²) in [5.41, 5.74) is 1.85. The van der Waals surface area contributed by atoms with Crippen molar-refractivity contribution in [2.45, 2.75) is 0 Å². The van der Waals surface area contributed by atoms with Crippen LogP contribution in [0.2, 0.25) is 5.02 Å². The quantitative estimate of drug-likeness (QED) is 0.661. The van der Waals surface area contributed by atoms with Crippen LogP contribution in [-0.4, -0.2) is 38.1 Å². The Balaban J connectivity index is 1.87. The van der Waals surface area contributed by atoms with E-state index in [4.69, 9.17) is 11.6 Å². The van der Waals surface area contributed by atoms with Crippen molar-refractivity contribution >= 4 is 50.3 Å². The lowest BCUT2D eigenvalue weighted by Gasteiger charge is -2.19. The van der Waals surface area contributed by atoms with Crippen molar-refractivity contribution in [1.82, 2.24) is 4.98 Å². The van der Waals surface area contributed by atoms with E-state index in [2.05, 4.69) is 19.1 Å². The third-order valence-corrected chi connectivity index (χ3v) is 5.17. The molecule has 0 saturated heterocycles. The van der Waals surface area contributed by atoms with Gasteiger partial charge in [0.2, 0.25) is 0 Å². The highest BCUT2D eigenvalue weighted by Gasteiger charge is 2.19. The number of nitrogens with zero attached hydrogens (tertiary/aromatic N) is 2. The zero-order valence-electron chi connectivity index (χ0n) is 14.8. The monoisotopic (exact) mass is 386 g/mol. The number of amides is 1. The number of nitrogens with one attached hydrogen (secondary N) is 1. The number of quaternary nitrogens is 1. The van der Waals surface area contributed by atoms with Gasteiger partial charge in [-0.05, 0) is 29.8 Å². The van der Waals surface area contributed by atoms with Crippen molar-refractivity contribution in [3.8, 4) is 0 Å². The number of halogens is 1. The summed E-state index contributed by atoms with van der Waals surface area (Å²) < 4.78 is 0.981. The lowest BCUT2D eigenvalue weighted by molar-refractivity contribution is -0.856. The summed E-state index contributed by atoms with van der Waals surface area (Å²) >= 11 is 7.56. The summed E-state index contributed by atoms with van der Waals surface area (Å²) in [6, 6.07) is 15.4. The predicted molar refractivity (Wildman–Crippen MR) is 110 cm³/mol. The fourth-order valence-corrected chi connectivity index (χ4v) is 3.73. The molecule has 0 aliphatic heterocycles. The van der Waals surface area contributed by atoms with Gasteiger partial charge in [0.25, 0.3) is 5.91 Å². The van der Waals surface area contributed by atoms with Gasteiger partial charge in [0.1, 0.15) is 0 Å². The molecule has 134 valence electrons. The van der Waals surface area contributed by atoms with Gasteiger partial charge >= 0.3 is 0 Å². The second kappa shape index (κ2) is 8.45. The van der Waals surface area contributed by atoms with E-state index in [1.165, 1.54) is 16.2 Å². The smallest absolute Gasteiger partial charge is 0.252 e. The van der Waals surface area contributed by atoms with Crippen LogP contribution in [0.15, 0.2) is 54.6 Å². The molecule has 1 N–H and O–H groups in total. The maximum absolute atomic E-state index is 12.8. The molecule has 1 aromatic heterocycles. The number of carbonyl (C=O) groups is 1. The Hall–Kier alpha value is -2.21. The lowest BCUT2D eigenvalue weighted by atomic mass is 10.2. The molecular formula is C20H21ClN3OS+. The van der Waals surface area contributed by atoms with E-state index in [0.717, 1.165) is 22.3 Å². The normalized spacial score (nSPS) is 11.5. The third-order valence-electron chi connectivity index (χ3n) is 3.89. The molecular weight excluding hydrogens is 366 g/mol.